The summed E-state index contributed by atoms with van der Waals surface area (Å²) in [4.78, 5) is 31.5. The standard InChI is InChI=1S/C18H28N6O2S2/c1-4-27-17-20-14(12-28-17)11-16(25)19-13-5-6-15-21-24(10-9-22(2)3)18(26)23(15)8-7-13/h12-13H,4-11H2,1-3H3,(H,19,25). The zero-order valence-electron chi connectivity index (χ0n) is 16.7. The Balaban J connectivity index is 1.53. The minimum Gasteiger partial charge on any atom is -0.353 e. The van der Waals surface area contributed by atoms with Gasteiger partial charge in [-0.15, -0.1) is 11.3 Å². The van der Waals surface area contributed by atoms with Gasteiger partial charge in [-0.05, 0) is 32.7 Å². The van der Waals surface area contributed by atoms with E-state index in [1.54, 1.807) is 32.3 Å². The number of hydrogen-bond acceptors (Lipinski definition) is 7. The fraction of sp³-hybridized carbons (Fsp3) is 0.667. The van der Waals surface area contributed by atoms with E-state index >= 15 is 0 Å². The average Bonchev–Trinajstić information content (AvgIpc) is 3.13. The number of nitrogens with zero attached hydrogens (tertiary/aromatic N) is 5. The lowest BCUT2D eigenvalue weighted by molar-refractivity contribution is -0.121. The summed E-state index contributed by atoms with van der Waals surface area (Å²) in [6.45, 7) is 4.06. The summed E-state index contributed by atoms with van der Waals surface area (Å²) in [6.07, 6.45) is 2.54. The highest BCUT2D eigenvalue weighted by Gasteiger charge is 2.22. The van der Waals surface area contributed by atoms with Crippen LogP contribution in [-0.2, 0) is 30.7 Å². The Morgan fingerprint density at radius 2 is 2.25 bits per heavy atom. The summed E-state index contributed by atoms with van der Waals surface area (Å²) in [7, 11) is 3.96. The van der Waals surface area contributed by atoms with Crippen molar-refractivity contribution in [1.29, 1.82) is 0 Å². The minimum absolute atomic E-state index is 0.00807. The van der Waals surface area contributed by atoms with Crippen LogP contribution in [0.5, 0.6) is 0 Å². The van der Waals surface area contributed by atoms with E-state index in [0.29, 0.717) is 25.9 Å². The van der Waals surface area contributed by atoms with Gasteiger partial charge in [0.1, 0.15) is 10.2 Å². The summed E-state index contributed by atoms with van der Waals surface area (Å²) in [5.41, 5.74) is 0.774. The van der Waals surface area contributed by atoms with E-state index in [9.17, 15) is 9.59 Å². The van der Waals surface area contributed by atoms with Gasteiger partial charge >= 0.3 is 5.69 Å². The van der Waals surface area contributed by atoms with E-state index in [0.717, 1.165) is 41.0 Å². The molecule has 0 spiro atoms. The maximum atomic E-state index is 12.6. The average molecular weight is 425 g/mol. The van der Waals surface area contributed by atoms with Crippen LogP contribution in [0.25, 0.3) is 0 Å². The maximum Gasteiger partial charge on any atom is 0.345 e. The quantitative estimate of drug-likeness (QED) is 0.642. The highest BCUT2D eigenvalue weighted by atomic mass is 32.2. The maximum absolute atomic E-state index is 12.6. The zero-order valence-corrected chi connectivity index (χ0v) is 18.3. The van der Waals surface area contributed by atoms with Gasteiger partial charge in [0.15, 0.2) is 0 Å². The smallest absolute Gasteiger partial charge is 0.345 e. The van der Waals surface area contributed by atoms with E-state index in [1.165, 1.54) is 0 Å². The Labute approximate surface area is 173 Å². The van der Waals surface area contributed by atoms with Crippen LogP contribution in [0.15, 0.2) is 14.5 Å². The Morgan fingerprint density at radius 3 is 3.00 bits per heavy atom. The third kappa shape index (κ3) is 5.45. The second-order valence-electron chi connectivity index (χ2n) is 7.18. The van der Waals surface area contributed by atoms with Gasteiger partial charge in [-0.3, -0.25) is 9.36 Å². The molecule has 0 saturated carbocycles. The molecule has 0 radical (unpaired) electrons. The molecule has 1 aliphatic rings. The third-order valence-corrected chi connectivity index (χ3v) is 6.63. The van der Waals surface area contributed by atoms with Crippen LogP contribution in [0, 0.1) is 0 Å². The first-order chi connectivity index (χ1) is 13.5. The molecular weight excluding hydrogens is 396 g/mol. The van der Waals surface area contributed by atoms with Crippen molar-refractivity contribution >= 4 is 29.0 Å². The number of carbonyl (C=O) groups is 1. The second kappa shape index (κ2) is 9.71. The van der Waals surface area contributed by atoms with Crippen LogP contribution >= 0.6 is 23.1 Å². The molecule has 154 valence electrons. The van der Waals surface area contributed by atoms with Crippen molar-refractivity contribution < 1.29 is 4.79 Å². The fourth-order valence-corrected chi connectivity index (χ4v) is 4.96. The monoisotopic (exact) mass is 424 g/mol. The molecule has 1 unspecified atom stereocenters. The Kier molecular flexibility index (Phi) is 7.30. The Bertz CT molecular complexity index is 857. The lowest BCUT2D eigenvalue weighted by atomic mass is 10.1. The Hall–Kier alpha value is -1.65. The van der Waals surface area contributed by atoms with Crippen LogP contribution in [0.4, 0.5) is 0 Å². The molecule has 8 nitrogen and oxygen atoms in total. The number of nitrogens with one attached hydrogen (secondary N) is 1. The molecule has 2 aromatic heterocycles. The van der Waals surface area contributed by atoms with E-state index in [-0.39, 0.29) is 17.6 Å². The van der Waals surface area contributed by atoms with Crippen LogP contribution < -0.4 is 11.0 Å². The van der Waals surface area contributed by atoms with E-state index < -0.39 is 0 Å². The van der Waals surface area contributed by atoms with Crippen LogP contribution in [0.1, 0.15) is 31.3 Å². The summed E-state index contributed by atoms with van der Waals surface area (Å²) < 4.78 is 4.33. The highest BCUT2D eigenvalue weighted by Crippen LogP contribution is 2.22. The predicted octanol–water partition coefficient (Wildman–Crippen LogP) is 1.24. The molecule has 10 heteroatoms. The largest absolute Gasteiger partial charge is 0.353 e. The molecule has 0 aromatic carbocycles. The number of hydrogen-bond donors (Lipinski definition) is 1. The number of thioether (sulfide) groups is 1. The summed E-state index contributed by atoms with van der Waals surface area (Å²) in [5.74, 6) is 1.79. The fourth-order valence-electron chi connectivity index (χ4n) is 3.22. The van der Waals surface area contributed by atoms with Crippen molar-refractivity contribution in [1.82, 2.24) is 29.5 Å². The van der Waals surface area contributed by atoms with Gasteiger partial charge in [0.2, 0.25) is 5.91 Å². The molecule has 2 aromatic rings. The highest BCUT2D eigenvalue weighted by molar-refractivity contribution is 8.00. The van der Waals surface area contributed by atoms with Gasteiger partial charge in [0, 0.05) is 30.9 Å². The topological polar surface area (TPSA) is 85.1 Å². The van der Waals surface area contributed by atoms with Crippen LogP contribution in [0.2, 0.25) is 0 Å². The van der Waals surface area contributed by atoms with E-state index in [2.05, 4.69) is 22.3 Å². The van der Waals surface area contributed by atoms with Gasteiger partial charge in [0.05, 0.1) is 18.7 Å². The molecule has 1 amide bonds. The van der Waals surface area contributed by atoms with Crippen molar-refractivity contribution in [3.63, 3.8) is 0 Å². The van der Waals surface area contributed by atoms with Crippen LogP contribution in [0.3, 0.4) is 0 Å². The summed E-state index contributed by atoms with van der Waals surface area (Å²) in [6, 6.07) is 0.0620. The molecule has 3 rings (SSSR count). The van der Waals surface area contributed by atoms with Crippen molar-refractivity contribution in [2.45, 2.75) is 56.1 Å². The van der Waals surface area contributed by atoms with Gasteiger partial charge in [-0.2, -0.15) is 5.10 Å². The van der Waals surface area contributed by atoms with Crippen molar-refractivity contribution in [2.75, 3.05) is 26.4 Å². The second-order valence-corrected chi connectivity index (χ2v) is 9.55. The van der Waals surface area contributed by atoms with E-state index in [4.69, 9.17) is 0 Å². The molecule has 0 bridgehead atoms. The Morgan fingerprint density at radius 1 is 1.43 bits per heavy atom. The summed E-state index contributed by atoms with van der Waals surface area (Å²) in [5, 5.41) is 9.57. The van der Waals surface area contributed by atoms with Crippen molar-refractivity contribution in [2.24, 2.45) is 0 Å². The number of amides is 1. The molecule has 1 atom stereocenters. The molecule has 0 saturated heterocycles. The molecular formula is C18H28N6O2S2. The molecule has 28 heavy (non-hydrogen) atoms. The third-order valence-electron chi connectivity index (χ3n) is 4.68. The number of aryl methyl sites for hydroxylation is 1. The van der Waals surface area contributed by atoms with E-state index in [1.807, 2.05) is 24.4 Å². The number of likely N-dealkylation sites (N-methyl/N-ethyl adjacent to an activating group) is 1. The molecule has 0 aliphatic carbocycles. The summed E-state index contributed by atoms with van der Waals surface area (Å²) >= 11 is 3.28. The SMILES string of the molecule is CCSc1nc(CC(=O)NC2CCc3nn(CCN(C)C)c(=O)n3CC2)cs1. The number of fused-ring (bicyclic) bond motifs is 1. The first-order valence-electron chi connectivity index (χ1n) is 9.64. The first-order valence-corrected chi connectivity index (χ1v) is 11.5. The lowest BCUT2D eigenvalue weighted by Gasteiger charge is -2.15. The van der Waals surface area contributed by atoms with Crippen LogP contribution in [-0.4, -0.2) is 62.6 Å². The van der Waals surface area contributed by atoms with Gasteiger partial charge < -0.3 is 10.2 Å². The number of rotatable bonds is 8. The zero-order chi connectivity index (χ0) is 20.1. The number of carbonyl (C=O) groups excluding carboxylic acids is 1. The number of aromatic nitrogens is 4. The molecule has 0 fully saturated rings. The molecule has 1 N–H and O–H groups in total. The molecule has 3 heterocycles. The van der Waals surface area contributed by atoms with Crippen molar-refractivity contribution in [3.8, 4) is 0 Å². The number of thiazole rings is 1. The normalized spacial score (nSPS) is 16.8. The first kappa shape index (κ1) is 21.1. The van der Waals surface area contributed by atoms with Crippen molar-refractivity contribution in [3.05, 3.63) is 27.4 Å². The van der Waals surface area contributed by atoms with Gasteiger partial charge in [-0.1, -0.05) is 18.7 Å². The van der Waals surface area contributed by atoms with Gasteiger partial charge in [-0.25, -0.2) is 14.5 Å². The molecule has 1 aliphatic heterocycles. The van der Waals surface area contributed by atoms with Gasteiger partial charge in [0.25, 0.3) is 0 Å². The minimum atomic E-state index is -0.0488. The predicted molar refractivity (Wildman–Crippen MR) is 112 cm³/mol. The lowest BCUT2D eigenvalue weighted by Crippen LogP contribution is -2.37.